The van der Waals surface area contributed by atoms with E-state index in [2.05, 4.69) is 17.1 Å². The van der Waals surface area contributed by atoms with E-state index in [0.29, 0.717) is 0 Å². The molecule has 0 aromatic carbocycles. The van der Waals surface area contributed by atoms with E-state index in [1.165, 1.54) is 11.1 Å². The second-order valence-electron chi connectivity index (χ2n) is 1.84. The van der Waals surface area contributed by atoms with E-state index in [1.807, 2.05) is 18.5 Å². The Morgan fingerprint density at radius 3 is 2.89 bits per heavy atom. The minimum atomic E-state index is 0. The average Bonchev–Trinajstić information content (AvgIpc) is 2.15. The molecule has 0 saturated heterocycles. The molecule has 2 aliphatic rings. The van der Waals surface area contributed by atoms with Gasteiger partial charge in [-0.3, -0.25) is 4.99 Å². The fourth-order valence-electron chi connectivity index (χ4n) is 0.881. The van der Waals surface area contributed by atoms with Gasteiger partial charge in [-0.05, 0) is 0 Å². The van der Waals surface area contributed by atoms with Crippen molar-refractivity contribution in [3.63, 3.8) is 0 Å². The number of aliphatic imine (C=N–C) groups is 1. The molecule has 1 heterocycles. The third-order valence-corrected chi connectivity index (χ3v) is 1.31. The number of halogens is 1. The van der Waals surface area contributed by atoms with Gasteiger partial charge < -0.3 is 0 Å². The van der Waals surface area contributed by atoms with E-state index in [1.54, 1.807) is 0 Å². The number of allylic oxidation sites excluding steroid dienone is 5. The van der Waals surface area contributed by atoms with Gasteiger partial charge in [-0.1, -0.05) is 18.2 Å². The lowest BCUT2D eigenvalue weighted by Gasteiger charge is -1.82. The molecule has 2 rings (SSSR count). The summed E-state index contributed by atoms with van der Waals surface area (Å²) in [5.41, 5.74) is 2.48. The van der Waals surface area contributed by atoms with Crippen LogP contribution >= 0.6 is 12.4 Å². The lowest BCUT2D eigenvalue weighted by atomic mass is 10.2. The van der Waals surface area contributed by atoms with Gasteiger partial charge in [0.25, 0.3) is 0 Å². The predicted molar refractivity (Wildman–Crippen MR) is 41.0 cm³/mol. The molecule has 1 aliphatic carbocycles. The van der Waals surface area contributed by atoms with Gasteiger partial charge in [-0.25, -0.2) is 0 Å². The van der Waals surface area contributed by atoms with Gasteiger partial charge in [0, 0.05) is 23.6 Å². The number of rotatable bonds is 0. The standard InChI is InChI=1S/C7H5N.ClH/c1-2-6-4-8-5-7(6)3-1;/h1-5H;1H. The molecular formula is C7H6ClN. The van der Waals surface area contributed by atoms with Crippen LogP contribution in [0.5, 0.6) is 0 Å². The minimum absolute atomic E-state index is 0. The Morgan fingerprint density at radius 2 is 2.11 bits per heavy atom. The lowest BCUT2D eigenvalue weighted by molar-refractivity contribution is 1.60. The molecule has 0 amide bonds. The molecule has 0 unspecified atom stereocenters. The largest absolute Gasteiger partial charge is 0.263 e. The third-order valence-electron chi connectivity index (χ3n) is 1.31. The maximum Gasteiger partial charge on any atom is 0.0347 e. The van der Waals surface area contributed by atoms with Crippen LogP contribution in [0.1, 0.15) is 0 Å². The van der Waals surface area contributed by atoms with Crippen molar-refractivity contribution >= 4 is 18.6 Å². The van der Waals surface area contributed by atoms with Gasteiger partial charge in [0.15, 0.2) is 0 Å². The molecule has 0 spiro atoms. The zero-order valence-corrected chi connectivity index (χ0v) is 5.56. The predicted octanol–water partition coefficient (Wildman–Crippen LogP) is 1.87. The van der Waals surface area contributed by atoms with E-state index in [9.17, 15) is 0 Å². The average molecular weight is 140 g/mol. The van der Waals surface area contributed by atoms with Crippen LogP contribution in [0.4, 0.5) is 0 Å². The van der Waals surface area contributed by atoms with Crippen molar-refractivity contribution < 1.29 is 0 Å². The summed E-state index contributed by atoms with van der Waals surface area (Å²) in [7, 11) is 0. The Balaban J connectivity index is 0.000000405. The van der Waals surface area contributed by atoms with Crippen LogP contribution in [0.3, 0.4) is 0 Å². The Labute approximate surface area is 59.9 Å². The first-order chi connectivity index (χ1) is 3.97. The minimum Gasteiger partial charge on any atom is -0.263 e. The fraction of sp³-hybridized carbons (Fsp3) is 0. The maximum atomic E-state index is 3.96. The first-order valence-electron chi connectivity index (χ1n) is 2.59. The zero-order valence-electron chi connectivity index (χ0n) is 4.74. The number of hydrogen-bond acceptors (Lipinski definition) is 1. The van der Waals surface area contributed by atoms with Crippen LogP contribution in [0, 0.1) is 0 Å². The summed E-state index contributed by atoms with van der Waals surface area (Å²) in [6.07, 6.45) is 9.89. The molecular weight excluding hydrogens is 134 g/mol. The summed E-state index contributed by atoms with van der Waals surface area (Å²) in [6, 6.07) is 0. The smallest absolute Gasteiger partial charge is 0.0347 e. The third kappa shape index (κ3) is 0.836. The Hall–Kier alpha value is -0.820. The van der Waals surface area contributed by atoms with Crippen molar-refractivity contribution in [3.05, 3.63) is 35.6 Å². The van der Waals surface area contributed by atoms with Crippen LogP contribution in [-0.4, -0.2) is 6.21 Å². The van der Waals surface area contributed by atoms with Gasteiger partial charge >= 0.3 is 0 Å². The van der Waals surface area contributed by atoms with E-state index < -0.39 is 0 Å². The summed E-state index contributed by atoms with van der Waals surface area (Å²) in [6.45, 7) is 0. The van der Waals surface area contributed by atoms with Gasteiger partial charge in [0.05, 0.1) is 0 Å². The molecule has 9 heavy (non-hydrogen) atoms. The van der Waals surface area contributed by atoms with Crippen molar-refractivity contribution in [2.24, 2.45) is 4.99 Å². The quantitative estimate of drug-likeness (QED) is 0.486. The molecule has 0 saturated carbocycles. The van der Waals surface area contributed by atoms with Crippen molar-refractivity contribution in [2.45, 2.75) is 0 Å². The monoisotopic (exact) mass is 139 g/mol. The van der Waals surface area contributed by atoms with Crippen LogP contribution < -0.4 is 0 Å². The first kappa shape index (κ1) is 6.30. The summed E-state index contributed by atoms with van der Waals surface area (Å²) in [4.78, 5) is 3.96. The highest BCUT2D eigenvalue weighted by Gasteiger charge is 2.05. The maximum absolute atomic E-state index is 3.96. The van der Waals surface area contributed by atoms with E-state index in [4.69, 9.17) is 0 Å². The van der Waals surface area contributed by atoms with Gasteiger partial charge in [0.1, 0.15) is 0 Å². The molecule has 2 heteroatoms. The summed E-state index contributed by atoms with van der Waals surface area (Å²) >= 11 is 0. The summed E-state index contributed by atoms with van der Waals surface area (Å²) < 4.78 is 0. The molecule has 0 aromatic heterocycles. The second-order valence-corrected chi connectivity index (χ2v) is 1.84. The van der Waals surface area contributed by atoms with Crippen molar-refractivity contribution in [1.82, 2.24) is 0 Å². The van der Waals surface area contributed by atoms with Gasteiger partial charge in [0.2, 0.25) is 0 Å². The van der Waals surface area contributed by atoms with Crippen LogP contribution in [-0.2, 0) is 0 Å². The van der Waals surface area contributed by atoms with Crippen molar-refractivity contribution in [3.8, 4) is 0 Å². The highest BCUT2D eigenvalue weighted by molar-refractivity contribution is 5.91. The van der Waals surface area contributed by atoms with E-state index >= 15 is 0 Å². The zero-order chi connectivity index (χ0) is 5.40. The van der Waals surface area contributed by atoms with Crippen LogP contribution in [0.25, 0.3) is 0 Å². The highest BCUT2D eigenvalue weighted by Crippen LogP contribution is 2.19. The molecule has 0 atom stereocenters. The number of nitrogens with zero attached hydrogens (tertiary/aromatic N) is 1. The van der Waals surface area contributed by atoms with E-state index in [-0.39, 0.29) is 12.4 Å². The molecule has 1 aliphatic heterocycles. The Bertz CT molecular complexity index is 207. The first-order valence-corrected chi connectivity index (χ1v) is 2.59. The van der Waals surface area contributed by atoms with Gasteiger partial charge in [-0.15, -0.1) is 12.4 Å². The van der Waals surface area contributed by atoms with Crippen LogP contribution in [0.15, 0.2) is 40.6 Å². The van der Waals surface area contributed by atoms with Crippen LogP contribution in [0.2, 0.25) is 0 Å². The van der Waals surface area contributed by atoms with Crippen molar-refractivity contribution in [1.29, 1.82) is 0 Å². The second kappa shape index (κ2) is 2.19. The van der Waals surface area contributed by atoms with E-state index in [0.717, 1.165) is 0 Å². The highest BCUT2D eigenvalue weighted by atomic mass is 35.5. The topological polar surface area (TPSA) is 12.4 Å². The fourth-order valence-corrected chi connectivity index (χ4v) is 0.881. The molecule has 46 valence electrons. The SMILES string of the molecule is C1=CC2=CN=CC2=C1.Cl. The molecule has 0 aromatic rings. The summed E-state index contributed by atoms with van der Waals surface area (Å²) in [5.74, 6) is 0. The number of hydrogen-bond donors (Lipinski definition) is 0. The lowest BCUT2D eigenvalue weighted by Crippen LogP contribution is -1.73. The molecule has 0 bridgehead atoms. The normalized spacial score (nSPS) is 18.7. The Kier molecular flexibility index (Phi) is 1.54. The van der Waals surface area contributed by atoms with Gasteiger partial charge in [-0.2, -0.15) is 0 Å². The summed E-state index contributed by atoms with van der Waals surface area (Å²) in [5, 5.41) is 0. The molecule has 0 radical (unpaired) electrons. The Morgan fingerprint density at radius 1 is 1.22 bits per heavy atom. The molecule has 0 fully saturated rings. The molecule has 1 nitrogen and oxygen atoms in total. The van der Waals surface area contributed by atoms with Crippen molar-refractivity contribution in [2.75, 3.05) is 0 Å². The number of fused-ring (bicyclic) bond motifs is 1. The molecule has 0 N–H and O–H groups in total.